The van der Waals surface area contributed by atoms with E-state index in [9.17, 15) is 0 Å². The van der Waals surface area contributed by atoms with Crippen LogP contribution in [0.5, 0.6) is 0 Å². The zero-order valence-corrected chi connectivity index (χ0v) is 15.1. The first-order chi connectivity index (χ1) is 11.6. The van der Waals surface area contributed by atoms with Gasteiger partial charge in [0.25, 0.3) is 0 Å². The van der Waals surface area contributed by atoms with Crippen molar-refractivity contribution in [1.29, 1.82) is 0 Å². The molecule has 0 aliphatic rings. The third kappa shape index (κ3) is 3.28. The van der Waals surface area contributed by atoms with Crippen molar-refractivity contribution in [3.05, 3.63) is 83.9 Å². The highest BCUT2D eigenvalue weighted by molar-refractivity contribution is 5.77. The van der Waals surface area contributed by atoms with Crippen LogP contribution in [0.3, 0.4) is 0 Å². The lowest BCUT2D eigenvalue weighted by atomic mass is 9.84. The summed E-state index contributed by atoms with van der Waals surface area (Å²) in [6.45, 7) is 9.13. The van der Waals surface area contributed by atoms with Gasteiger partial charge in [-0.2, -0.15) is 0 Å². The lowest BCUT2D eigenvalue weighted by Crippen LogP contribution is -1.99. The predicted molar refractivity (Wildman–Crippen MR) is 105 cm³/mol. The molecule has 0 heteroatoms. The fraction of sp³-hybridized carbons (Fsp3) is 0.250. The van der Waals surface area contributed by atoms with Gasteiger partial charge in [-0.05, 0) is 51.3 Å². The SMILES string of the molecule is CC(C)c1cccc(C(C)C)c1-c1cccc(-c2ccccc2)c1. The molecule has 0 radical (unpaired) electrons. The predicted octanol–water partition coefficient (Wildman–Crippen LogP) is 7.27. The Morgan fingerprint density at radius 2 is 1.00 bits per heavy atom. The molecule has 0 nitrogen and oxygen atoms in total. The minimum Gasteiger partial charge on any atom is -0.0622 e. The van der Waals surface area contributed by atoms with Crippen molar-refractivity contribution in [3.8, 4) is 22.3 Å². The van der Waals surface area contributed by atoms with Crippen molar-refractivity contribution >= 4 is 0 Å². The molecular weight excluding hydrogens is 288 g/mol. The Kier molecular flexibility index (Phi) is 4.85. The normalized spacial score (nSPS) is 11.2. The Morgan fingerprint density at radius 3 is 1.58 bits per heavy atom. The fourth-order valence-corrected chi connectivity index (χ4v) is 3.37. The summed E-state index contributed by atoms with van der Waals surface area (Å²) in [4.78, 5) is 0. The highest BCUT2D eigenvalue weighted by Gasteiger charge is 2.15. The van der Waals surface area contributed by atoms with Crippen LogP contribution >= 0.6 is 0 Å². The summed E-state index contributed by atoms with van der Waals surface area (Å²) in [6, 6.07) is 26.4. The zero-order valence-electron chi connectivity index (χ0n) is 15.1. The van der Waals surface area contributed by atoms with Crippen LogP contribution in [-0.2, 0) is 0 Å². The molecule has 0 atom stereocenters. The van der Waals surface area contributed by atoms with Crippen LogP contribution in [0.4, 0.5) is 0 Å². The van der Waals surface area contributed by atoms with Gasteiger partial charge in [0.2, 0.25) is 0 Å². The minimum absolute atomic E-state index is 0.513. The second kappa shape index (κ2) is 7.05. The number of benzene rings is 3. The lowest BCUT2D eigenvalue weighted by Gasteiger charge is -2.20. The summed E-state index contributed by atoms with van der Waals surface area (Å²) in [5, 5.41) is 0. The molecule has 0 N–H and O–H groups in total. The van der Waals surface area contributed by atoms with Gasteiger partial charge in [-0.1, -0.05) is 94.4 Å². The molecule has 24 heavy (non-hydrogen) atoms. The van der Waals surface area contributed by atoms with E-state index in [-0.39, 0.29) is 0 Å². The van der Waals surface area contributed by atoms with Crippen LogP contribution in [0.15, 0.2) is 72.8 Å². The molecule has 0 aromatic heterocycles. The van der Waals surface area contributed by atoms with Crippen LogP contribution in [0.2, 0.25) is 0 Å². The van der Waals surface area contributed by atoms with Gasteiger partial charge in [-0.3, -0.25) is 0 Å². The van der Waals surface area contributed by atoms with E-state index in [4.69, 9.17) is 0 Å². The topological polar surface area (TPSA) is 0 Å². The van der Waals surface area contributed by atoms with Crippen LogP contribution < -0.4 is 0 Å². The second-order valence-electron chi connectivity index (χ2n) is 7.07. The maximum atomic E-state index is 2.34. The smallest absolute Gasteiger partial charge is 0.0114 e. The van der Waals surface area contributed by atoms with E-state index in [0.29, 0.717) is 11.8 Å². The van der Waals surface area contributed by atoms with Crippen LogP contribution in [0, 0.1) is 0 Å². The Bertz CT molecular complexity index is 784. The van der Waals surface area contributed by atoms with E-state index in [1.54, 1.807) is 0 Å². The molecule has 0 spiro atoms. The molecule has 0 unspecified atom stereocenters. The van der Waals surface area contributed by atoms with Crippen molar-refractivity contribution < 1.29 is 0 Å². The van der Waals surface area contributed by atoms with Gasteiger partial charge in [0.1, 0.15) is 0 Å². The van der Waals surface area contributed by atoms with Gasteiger partial charge in [0.15, 0.2) is 0 Å². The standard InChI is InChI=1S/C24H26/c1-17(2)22-14-9-15-23(18(3)4)24(22)21-13-8-12-20(16-21)19-10-6-5-7-11-19/h5-18H,1-4H3. The molecule has 0 fully saturated rings. The van der Waals surface area contributed by atoms with Gasteiger partial charge in [-0.25, -0.2) is 0 Å². The number of hydrogen-bond acceptors (Lipinski definition) is 0. The molecule has 0 heterocycles. The first-order valence-corrected chi connectivity index (χ1v) is 8.86. The quantitative estimate of drug-likeness (QED) is 0.475. The molecule has 0 bridgehead atoms. The highest BCUT2D eigenvalue weighted by Crippen LogP contribution is 2.37. The minimum atomic E-state index is 0.513. The van der Waals surface area contributed by atoms with E-state index < -0.39 is 0 Å². The molecule has 122 valence electrons. The van der Waals surface area contributed by atoms with E-state index in [0.717, 1.165) is 0 Å². The second-order valence-corrected chi connectivity index (χ2v) is 7.07. The summed E-state index contributed by atoms with van der Waals surface area (Å²) in [5.41, 5.74) is 8.16. The summed E-state index contributed by atoms with van der Waals surface area (Å²) in [6.07, 6.45) is 0. The monoisotopic (exact) mass is 314 g/mol. The van der Waals surface area contributed by atoms with Crippen molar-refractivity contribution in [3.63, 3.8) is 0 Å². The van der Waals surface area contributed by atoms with Crippen LogP contribution in [0.1, 0.15) is 50.7 Å². The Balaban J connectivity index is 2.19. The largest absolute Gasteiger partial charge is 0.0622 e. The van der Waals surface area contributed by atoms with E-state index >= 15 is 0 Å². The van der Waals surface area contributed by atoms with Gasteiger partial charge < -0.3 is 0 Å². The van der Waals surface area contributed by atoms with Crippen molar-refractivity contribution in [2.75, 3.05) is 0 Å². The third-order valence-corrected chi connectivity index (χ3v) is 4.63. The summed E-state index contributed by atoms with van der Waals surface area (Å²) in [5.74, 6) is 1.03. The Hall–Kier alpha value is -2.34. The highest BCUT2D eigenvalue weighted by atomic mass is 14.2. The van der Waals surface area contributed by atoms with Crippen molar-refractivity contribution in [2.24, 2.45) is 0 Å². The molecule has 3 rings (SSSR count). The third-order valence-electron chi connectivity index (χ3n) is 4.63. The molecule has 0 saturated heterocycles. The maximum absolute atomic E-state index is 2.34. The van der Waals surface area contributed by atoms with Crippen molar-refractivity contribution in [1.82, 2.24) is 0 Å². The van der Waals surface area contributed by atoms with E-state index in [1.165, 1.54) is 33.4 Å². The maximum Gasteiger partial charge on any atom is -0.0114 e. The van der Waals surface area contributed by atoms with Gasteiger partial charge in [0, 0.05) is 0 Å². The first-order valence-electron chi connectivity index (χ1n) is 8.86. The average molecular weight is 314 g/mol. The lowest BCUT2D eigenvalue weighted by molar-refractivity contribution is 0.838. The summed E-state index contributed by atoms with van der Waals surface area (Å²) >= 11 is 0. The van der Waals surface area contributed by atoms with E-state index in [1.807, 2.05) is 0 Å². The molecule has 0 amide bonds. The summed E-state index contributed by atoms with van der Waals surface area (Å²) < 4.78 is 0. The fourth-order valence-electron chi connectivity index (χ4n) is 3.37. The first kappa shape index (κ1) is 16.5. The molecule has 3 aromatic carbocycles. The summed E-state index contributed by atoms with van der Waals surface area (Å²) in [7, 11) is 0. The van der Waals surface area contributed by atoms with Crippen molar-refractivity contribution in [2.45, 2.75) is 39.5 Å². The van der Waals surface area contributed by atoms with Crippen LogP contribution in [-0.4, -0.2) is 0 Å². The van der Waals surface area contributed by atoms with Gasteiger partial charge in [-0.15, -0.1) is 0 Å². The molecule has 0 saturated carbocycles. The molecule has 3 aromatic rings. The molecular formula is C24H26. The Morgan fingerprint density at radius 1 is 0.500 bits per heavy atom. The van der Waals surface area contributed by atoms with Gasteiger partial charge in [0.05, 0.1) is 0 Å². The average Bonchev–Trinajstić information content (AvgIpc) is 2.61. The van der Waals surface area contributed by atoms with Gasteiger partial charge >= 0.3 is 0 Å². The Labute approximate surface area is 146 Å². The van der Waals surface area contributed by atoms with Crippen LogP contribution in [0.25, 0.3) is 22.3 Å². The molecule has 0 aliphatic carbocycles. The zero-order chi connectivity index (χ0) is 17.1. The van der Waals surface area contributed by atoms with E-state index in [2.05, 4.69) is 100 Å². The molecule has 0 aliphatic heterocycles. The number of hydrogen-bond donors (Lipinski definition) is 0. The number of rotatable bonds is 4.